The number of H-pyrrole nitrogens is 1. The van der Waals surface area contributed by atoms with Crippen LogP contribution in [0.25, 0.3) is 22.0 Å². The SMILES string of the molecule is CC(C)(C)c1ccc(S(=O)(=O)Nc2ccc3[nH]c(OC(=O)NCCN4CCOCC4)c(-c4cccc(F)c4)c3c2)cc1. The number of hydrogen-bond donors (Lipinski definition) is 3. The van der Waals surface area contributed by atoms with Gasteiger partial charge < -0.3 is 19.8 Å². The molecule has 3 aromatic carbocycles. The Bertz CT molecular complexity index is 1670. The lowest BCUT2D eigenvalue weighted by molar-refractivity contribution is 0.0385. The molecule has 0 aliphatic carbocycles. The summed E-state index contributed by atoms with van der Waals surface area (Å²) in [7, 11) is -3.89. The summed E-state index contributed by atoms with van der Waals surface area (Å²) in [6.07, 6.45) is -0.660. The van der Waals surface area contributed by atoms with E-state index in [1.165, 1.54) is 12.1 Å². The number of anilines is 1. The smallest absolute Gasteiger partial charge is 0.393 e. The van der Waals surface area contributed by atoms with Crippen molar-refractivity contribution in [1.29, 1.82) is 0 Å². The summed E-state index contributed by atoms with van der Waals surface area (Å²) in [6.45, 7) is 10.2. The number of fused-ring (bicyclic) bond motifs is 1. The fourth-order valence-corrected chi connectivity index (χ4v) is 5.91. The molecule has 0 bridgehead atoms. The van der Waals surface area contributed by atoms with E-state index in [-0.39, 0.29) is 16.2 Å². The number of morpholine rings is 1. The van der Waals surface area contributed by atoms with Crippen LogP contribution in [0.3, 0.4) is 0 Å². The van der Waals surface area contributed by atoms with Gasteiger partial charge in [-0.25, -0.2) is 17.6 Å². The van der Waals surface area contributed by atoms with Crippen molar-refractivity contribution < 1.29 is 27.1 Å². The second kappa shape index (κ2) is 12.1. The molecule has 1 aromatic heterocycles. The van der Waals surface area contributed by atoms with Crippen molar-refractivity contribution in [2.45, 2.75) is 31.1 Å². The Kier molecular flexibility index (Phi) is 8.53. The summed E-state index contributed by atoms with van der Waals surface area (Å²) >= 11 is 0. The molecular weight excluding hydrogens is 559 g/mol. The van der Waals surface area contributed by atoms with Gasteiger partial charge in [-0.15, -0.1) is 0 Å². The largest absolute Gasteiger partial charge is 0.413 e. The van der Waals surface area contributed by atoms with E-state index in [2.05, 4.69) is 40.7 Å². The average Bonchev–Trinajstić information content (AvgIpc) is 3.30. The number of carbonyl (C=O) groups is 1. The van der Waals surface area contributed by atoms with Crippen LogP contribution in [-0.2, 0) is 20.2 Å². The number of carbonyl (C=O) groups excluding carboxylic acids is 1. The highest BCUT2D eigenvalue weighted by Gasteiger charge is 2.21. The maximum absolute atomic E-state index is 14.3. The number of halogens is 1. The predicted octanol–water partition coefficient (Wildman–Crippen LogP) is 5.49. The van der Waals surface area contributed by atoms with E-state index in [9.17, 15) is 17.6 Å². The van der Waals surface area contributed by atoms with Crippen molar-refractivity contribution >= 4 is 32.7 Å². The first-order valence-electron chi connectivity index (χ1n) is 13.8. The molecule has 1 amide bonds. The zero-order valence-corrected chi connectivity index (χ0v) is 24.7. The van der Waals surface area contributed by atoms with Gasteiger partial charge in [0.25, 0.3) is 10.0 Å². The standard InChI is InChI=1S/C31H35FN4O5S/c1-31(2,3)22-7-10-25(11-8-22)42(38,39)35-24-9-12-27-26(20-24)28(21-5-4-6-23(32)19-21)29(34-27)41-30(37)33-13-14-36-15-17-40-18-16-36/h4-12,19-20,34-35H,13-18H2,1-3H3,(H,33,37). The van der Waals surface area contributed by atoms with Gasteiger partial charge >= 0.3 is 6.09 Å². The maximum atomic E-state index is 14.3. The first kappa shape index (κ1) is 29.6. The average molecular weight is 595 g/mol. The van der Waals surface area contributed by atoms with Gasteiger partial charge in [-0.3, -0.25) is 9.62 Å². The molecule has 1 saturated heterocycles. The van der Waals surface area contributed by atoms with Gasteiger partial charge in [0.05, 0.1) is 23.7 Å². The predicted molar refractivity (Wildman–Crippen MR) is 161 cm³/mol. The van der Waals surface area contributed by atoms with Crippen LogP contribution in [-0.4, -0.2) is 63.8 Å². The first-order chi connectivity index (χ1) is 20.0. The van der Waals surface area contributed by atoms with E-state index in [0.717, 1.165) is 18.7 Å². The topological polar surface area (TPSA) is 113 Å². The number of nitrogens with zero attached hydrogens (tertiary/aromatic N) is 1. The Hall–Kier alpha value is -3.93. The Labute approximate surface area is 245 Å². The molecule has 2 heterocycles. The number of ether oxygens (including phenoxy) is 2. The van der Waals surface area contributed by atoms with E-state index in [0.29, 0.717) is 54.0 Å². The lowest BCUT2D eigenvalue weighted by atomic mass is 9.87. The molecular formula is C31H35FN4O5S. The summed E-state index contributed by atoms with van der Waals surface area (Å²) in [6, 6.07) is 17.6. The van der Waals surface area contributed by atoms with Crippen LogP contribution in [0.15, 0.2) is 71.6 Å². The lowest BCUT2D eigenvalue weighted by Gasteiger charge is -2.26. The molecule has 0 saturated carbocycles. The molecule has 4 aromatic rings. The molecule has 222 valence electrons. The van der Waals surface area contributed by atoms with Crippen LogP contribution in [0, 0.1) is 5.82 Å². The summed E-state index contributed by atoms with van der Waals surface area (Å²) < 4.78 is 54.3. The third kappa shape index (κ3) is 6.92. The Balaban J connectivity index is 1.40. The number of aromatic nitrogens is 1. The summed E-state index contributed by atoms with van der Waals surface area (Å²) in [5.41, 5.74) is 2.71. The van der Waals surface area contributed by atoms with Gasteiger partial charge in [0.15, 0.2) is 0 Å². The Morgan fingerprint density at radius 3 is 2.48 bits per heavy atom. The van der Waals surface area contributed by atoms with Crippen LogP contribution < -0.4 is 14.8 Å². The fraction of sp³-hybridized carbons (Fsp3) is 0.323. The van der Waals surface area contributed by atoms with Crippen molar-refractivity contribution in [1.82, 2.24) is 15.2 Å². The van der Waals surface area contributed by atoms with E-state index in [1.54, 1.807) is 42.5 Å². The number of rotatable bonds is 8. The van der Waals surface area contributed by atoms with E-state index in [4.69, 9.17) is 9.47 Å². The fourth-order valence-electron chi connectivity index (χ4n) is 4.86. The van der Waals surface area contributed by atoms with Gasteiger partial charge in [0.1, 0.15) is 5.82 Å². The van der Waals surface area contributed by atoms with Gasteiger partial charge in [-0.05, 0) is 59.0 Å². The zero-order valence-electron chi connectivity index (χ0n) is 23.9. The quantitative estimate of drug-likeness (QED) is 0.249. The van der Waals surface area contributed by atoms with Crippen molar-refractivity contribution in [3.05, 3.63) is 78.1 Å². The Morgan fingerprint density at radius 1 is 1.05 bits per heavy atom. The molecule has 9 nitrogen and oxygen atoms in total. The summed E-state index contributed by atoms with van der Waals surface area (Å²) in [5.74, 6) is -0.337. The monoisotopic (exact) mass is 594 g/mol. The normalized spacial score (nSPS) is 14.6. The molecule has 11 heteroatoms. The van der Waals surface area contributed by atoms with E-state index < -0.39 is 21.9 Å². The summed E-state index contributed by atoms with van der Waals surface area (Å²) in [5, 5.41) is 3.31. The molecule has 1 fully saturated rings. The van der Waals surface area contributed by atoms with E-state index in [1.807, 2.05) is 12.1 Å². The maximum Gasteiger partial charge on any atom is 0.413 e. The number of amides is 1. The lowest BCUT2D eigenvalue weighted by Crippen LogP contribution is -2.41. The van der Waals surface area contributed by atoms with Crippen molar-refractivity contribution in [3.8, 4) is 17.0 Å². The number of nitrogens with one attached hydrogen (secondary N) is 3. The third-order valence-electron chi connectivity index (χ3n) is 7.16. The van der Waals surface area contributed by atoms with Gasteiger partial charge in [0, 0.05) is 42.8 Å². The summed E-state index contributed by atoms with van der Waals surface area (Å²) in [4.78, 5) is 18.1. The van der Waals surface area contributed by atoms with Crippen LogP contribution in [0.5, 0.6) is 5.88 Å². The minimum Gasteiger partial charge on any atom is -0.393 e. The van der Waals surface area contributed by atoms with Crippen molar-refractivity contribution in [2.24, 2.45) is 0 Å². The highest BCUT2D eigenvalue weighted by atomic mass is 32.2. The highest BCUT2D eigenvalue weighted by Crippen LogP contribution is 2.39. The minimum absolute atomic E-state index is 0.109. The van der Waals surface area contributed by atoms with Gasteiger partial charge in [-0.1, -0.05) is 45.0 Å². The first-order valence-corrected chi connectivity index (χ1v) is 15.3. The second-order valence-electron chi connectivity index (χ2n) is 11.3. The van der Waals surface area contributed by atoms with Crippen LogP contribution in [0.1, 0.15) is 26.3 Å². The molecule has 42 heavy (non-hydrogen) atoms. The van der Waals surface area contributed by atoms with Gasteiger partial charge in [0.2, 0.25) is 5.88 Å². The van der Waals surface area contributed by atoms with E-state index >= 15 is 0 Å². The third-order valence-corrected chi connectivity index (χ3v) is 8.55. The van der Waals surface area contributed by atoms with Crippen LogP contribution >= 0.6 is 0 Å². The molecule has 0 atom stereocenters. The second-order valence-corrected chi connectivity index (χ2v) is 12.9. The molecule has 1 aliphatic heterocycles. The van der Waals surface area contributed by atoms with Crippen molar-refractivity contribution in [3.63, 3.8) is 0 Å². The number of sulfonamides is 1. The Morgan fingerprint density at radius 2 is 1.79 bits per heavy atom. The molecule has 5 rings (SSSR count). The number of aromatic amines is 1. The van der Waals surface area contributed by atoms with Crippen molar-refractivity contribution in [2.75, 3.05) is 44.1 Å². The molecule has 0 unspecified atom stereocenters. The molecule has 3 N–H and O–H groups in total. The van der Waals surface area contributed by atoms with Crippen LogP contribution in [0.2, 0.25) is 0 Å². The zero-order chi connectivity index (χ0) is 29.9. The molecule has 0 spiro atoms. The highest BCUT2D eigenvalue weighted by molar-refractivity contribution is 7.92. The van der Waals surface area contributed by atoms with Gasteiger partial charge in [-0.2, -0.15) is 0 Å². The molecule has 1 aliphatic rings. The number of hydrogen-bond acceptors (Lipinski definition) is 6. The number of benzene rings is 3. The minimum atomic E-state index is -3.89. The molecule has 0 radical (unpaired) electrons. The van der Waals surface area contributed by atoms with Crippen LogP contribution in [0.4, 0.5) is 14.9 Å².